The quantitative estimate of drug-likeness (QED) is 0.924. The first kappa shape index (κ1) is 12.8. The number of fused-ring (bicyclic) bond motifs is 1. The summed E-state index contributed by atoms with van der Waals surface area (Å²) in [5.41, 5.74) is 0.0496. The molecule has 0 bridgehead atoms. The summed E-state index contributed by atoms with van der Waals surface area (Å²) in [5.74, 6) is -0.232. The van der Waals surface area contributed by atoms with E-state index < -0.39 is 11.4 Å². The van der Waals surface area contributed by atoms with Crippen LogP contribution in [0.25, 0.3) is 11.0 Å². The van der Waals surface area contributed by atoms with Crippen LogP contribution in [0.2, 0.25) is 0 Å². The minimum atomic E-state index is -0.721. The van der Waals surface area contributed by atoms with Crippen molar-refractivity contribution in [3.05, 3.63) is 35.3 Å². The fraction of sp³-hybridized carbons (Fsp3) is 0.438. The Morgan fingerprint density at radius 1 is 1.43 bits per heavy atom. The van der Waals surface area contributed by atoms with Gasteiger partial charge in [0, 0.05) is 10.9 Å². The highest BCUT2D eigenvalue weighted by atomic mass is 19.1. The lowest BCUT2D eigenvalue weighted by Crippen LogP contribution is -2.64. The van der Waals surface area contributed by atoms with Crippen molar-refractivity contribution in [2.45, 2.75) is 25.4 Å². The SMILES string of the molecule is Cc1c(C(=O)N2CC(O)(C3CC3)C2)oc2c(F)cccc12. The third-order valence-corrected chi connectivity index (χ3v) is 4.66. The van der Waals surface area contributed by atoms with Crippen molar-refractivity contribution in [3.8, 4) is 0 Å². The lowest BCUT2D eigenvalue weighted by atomic mass is 9.88. The number of benzene rings is 1. The topological polar surface area (TPSA) is 53.7 Å². The molecule has 1 N–H and O–H groups in total. The van der Waals surface area contributed by atoms with Crippen molar-refractivity contribution in [3.63, 3.8) is 0 Å². The number of β-amino-alcohol motifs (C(OH)–C–C–N with tert-alkyl or cyclic N) is 1. The number of halogens is 1. The van der Waals surface area contributed by atoms with Crippen molar-refractivity contribution in [1.29, 1.82) is 0 Å². The van der Waals surface area contributed by atoms with Gasteiger partial charge in [0.15, 0.2) is 17.2 Å². The van der Waals surface area contributed by atoms with Crippen LogP contribution in [0, 0.1) is 18.7 Å². The zero-order valence-electron chi connectivity index (χ0n) is 11.7. The first-order chi connectivity index (χ1) is 9.99. The van der Waals surface area contributed by atoms with Crippen LogP contribution < -0.4 is 0 Å². The van der Waals surface area contributed by atoms with Gasteiger partial charge < -0.3 is 14.4 Å². The summed E-state index contributed by atoms with van der Waals surface area (Å²) in [6, 6.07) is 4.66. The monoisotopic (exact) mass is 289 g/mol. The van der Waals surface area contributed by atoms with Crippen molar-refractivity contribution >= 4 is 16.9 Å². The van der Waals surface area contributed by atoms with Gasteiger partial charge in [-0.05, 0) is 31.7 Å². The van der Waals surface area contributed by atoms with E-state index in [1.54, 1.807) is 24.0 Å². The molecule has 1 aliphatic carbocycles. The Morgan fingerprint density at radius 2 is 2.14 bits per heavy atom. The molecule has 0 radical (unpaired) electrons. The molecular formula is C16H16FNO3. The van der Waals surface area contributed by atoms with E-state index in [1.807, 2.05) is 0 Å². The van der Waals surface area contributed by atoms with E-state index >= 15 is 0 Å². The minimum absolute atomic E-state index is 0.122. The fourth-order valence-corrected chi connectivity index (χ4v) is 3.19. The number of rotatable bonds is 2. The first-order valence-corrected chi connectivity index (χ1v) is 7.19. The van der Waals surface area contributed by atoms with Crippen LogP contribution in [0.3, 0.4) is 0 Å². The van der Waals surface area contributed by atoms with Crippen LogP contribution in [-0.2, 0) is 0 Å². The van der Waals surface area contributed by atoms with Crippen LogP contribution >= 0.6 is 0 Å². The zero-order valence-corrected chi connectivity index (χ0v) is 11.7. The number of furan rings is 1. The van der Waals surface area contributed by atoms with Crippen LogP contribution in [0.5, 0.6) is 0 Å². The number of amides is 1. The van der Waals surface area contributed by atoms with Gasteiger partial charge in [0.05, 0.1) is 13.1 Å². The predicted octanol–water partition coefficient (Wildman–Crippen LogP) is 2.48. The normalized spacial score (nSPS) is 20.6. The molecular weight excluding hydrogens is 273 g/mol. The number of carbonyl (C=O) groups is 1. The molecule has 2 heterocycles. The van der Waals surface area contributed by atoms with Crippen LogP contribution in [0.15, 0.2) is 22.6 Å². The molecule has 1 saturated carbocycles. The standard InChI is InChI=1S/C16H16FNO3/c1-9-11-3-2-4-12(17)14(11)21-13(9)15(19)18-7-16(20,8-18)10-5-6-10/h2-4,10,20H,5-8H2,1H3. The van der Waals surface area contributed by atoms with Gasteiger partial charge in [0.25, 0.3) is 5.91 Å². The summed E-state index contributed by atoms with van der Waals surface area (Å²) in [5, 5.41) is 10.9. The van der Waals surface area contributed by atoms with E-state index in [2.05, 4.69) is 0 Å². The molecule has 4 nitrogen and oxygen atoms in total. The van der Waals surface area contributed by atoms with Gasteiger partial charge in [-0.25, -0.2) is 4.39 Å². The minimum Gasteiger partial charge on any atom is -0.448 e. The highest BCUT2D eigenvalue weighted by Gasteiger charge is 2.53. The molecule has 1 aliphatic heterocycles. The molecule has 1 aromatic carbocycles. The van der Waals surface area contributed by atoms with Gasteiger partial charge in [-0.15, -0.1) is 0 Å². The van der Waals surface area contributed by atoms with Crippen molar-refractivity contribution in [1.82, 2.24) is 4.90 Å². The molecule has 5 heteroatoms. The molecule has 0 atom stereocenters. The summed E-state index contributed by atoms with van der Waals surface area (Å²) < 4.78 is 19.2. The maximum atomic E-state index is 13.7. The van der Waals surface area contributed by atoms with Gasteiger partial charge >= 0.3 is 0 Å². The number of likely N-dealkylation sites (tertiary alicyclic amines) is 1. The Labute approximate surface area is 121 Å². The highest BCUT2D eigenvalue weighted by molar-refractivity contribution is 5.99. The third kappa shape index (κ3) is 1.80. The fourth-order valence-electron chi connectivity index (χ4n) is 3.19. The second-order valence-corrected chi connectivity index (χ2v) is 6.21. The Kier molecular flexibility index (Phi) is 2.49. The molecule has 110 valence electrons. The molecule has 1 aromatic heterocycles. The molecule has 21 heavy (non-hydrogen) atoms. The molecule has 1 saturated heterocycles. The number of nitrogens with zero attached hydrogens (tertiary/aromatic N) is 1. The molecule has 2 fully saturated rings. The smallest absolute Gasteiger partial charge is 0.290 e. The van der Waals surface area contributed by atoms with Crippen molar-refractivity contribution in [2.24, 2.45) is 5.92 Å². The van der Waals surface area contributed by atoms with Crippen LogP contribution in [0.4, 0.5) is 4.39 Å². The van der Waals surface area contributed by atoms with Gasteiger partial charge in [-0.1, -0.05) is 12.1 Å². The number of hydrogen-bond acceptors (Lipinski definition) is 3. The third-order valence-electron chi connectivity index (χ3n) is 4.66. The number of aliphatic hydroxyl groups is 1. The average molecular weight is 289 g/mol. The Bertz CT molecular complexity index is 741. The van der Waals surface area contributed by atoms with E-state index in [-0.39, 0.29) is 17.3 Å². The number of aryl methyl sites for hydroxylation is 1. The second kappa shape index (κ2) is 4.07. The summed E-state index contributed by atoms with van der Waals surface area (Å²) >= 11 is 0. The number of hydrogen-bond donors (Lipinski definition) is 1. The van der Waals surface area contributed by atoms with E-state index in [1.165, 1.54) is 6.07 Å². The Balaban J connectivity index is 1.63. The van der Waals surface area contributed by atoms with Crippen LogP contribution in [0.1, 0.15) is 29.0 Å². The Morgan fingerprint density at radius 3 is 2.76 bits per heavy atom. The summed E-state index contributed by atoms with van der Waals surface area (Å²) in [6.07, 6.45) is 2.07. The summed E-state index contributed by atoms with van der Waals surface area (Å²) in [4.78, 5) is 14.0. The number of para-hydroxylation sites is 1. The average Bonchev–Trinajstić information content (AvgIpc) is 3.21. The molecule has 2 aliphatic rings. The lowest BCUT2D eigenvalue weighted by Gasteiger charge is -2.46. The summed E-state index contributed by atoms with van der Waals surface area (Å²) in [7, 11) is 0. The molecule has 0 spiro atoms. The highest BCUT2D eigenvalue weighted by Crippen LogP contribution is 2.45. The maximum absolute atomic E-state index is 13.7. The molecule has 2 aromatic rings. The predicted molar refractivity (Wildman–Crippen MR) is 74.5 cm³/mol. The van der Waals surface area contributed by atoms with Crippen LogP contribution in [-0.4, -0.2) is 34.6 Å². The van der Waals surface area contributed by atoms with E-state index in [0.29, 0.717) is 30.0 Å². The maximum Gasteiger partial charge on any atom is 0.290 e. The van der Waals surface area contributed by atoms with Gasteiger partial charge in [0.1, 0.15) is 5.60 Å². The van der Waals surface area contributed by atoms with Gasteiger partial charge in [-0.2, -0.15) is 0 Å². The number of carbonyl (C=O) groups excluding carboxylic acids is 1. The Hall–Kier alpha value is -1.88. The van der Waals surface area contributed by atoms with E-state index in [0.717, 1.165) is 12.8 Å². The molecule has 0 unspecified atom stereocenters. The lowest BCUT2D eigenvalue weighted by molar-refractivity contribution is -0.0965. The zero-order chi connectivity index (χ0) is 14.8. The van der Waals surface area contributed by atoms with Crippen molar-refractivity contribution in [2.75, 3.05) is 13.1 Å². The van der Waals surface area contributed by atoms with E-state index in [9.17, 15) is 14.3 Å². The first-order valence-electron chi connectivity index (χ1n) is 7.19. The largest absolute Gasteiger partial charge is 0.448 e. The second-order valence-electron chi connectivity index (χ2n) is 6.21. The van der Waals surface area contributed by atoms with Gasteiger partial charge in [0.2, 0.25) is 0 Å². The van der Waals surface area contributed by atoms with Crippen molar-refractivity contribution < 1.29 is 18.7 Å². The summed E-state index contributed by atoms with van der Waals surface area (Å²) in [6.45, 7) is 2.44. The van der Waals surface area contributed by atoms with Gasteiger partial charge in [-0.3, -0.25) is 4.79 Å². The molecule has 4 rings (SSSR count). The molecule has 1 amide bonds. The van der Waals surface area contributed by atoms with E-state index in [4.69, 9.17) is 4.42 Å².